The van der Waals surface area contributed by atoms with Crippen LogP contribution in [0.4, 0.5) is 16.3 Å². The van der Waals surface area contributed by atoms with Crippen molar-refractivity contribution >= 4 is 29.4 Å². The zero-order chi connectivity index (χ0) is 24.9. The first-order valence-corrected chi connectivity index (χ1v) is 11.6. The van der Waals surface area contributed by atoms with Gasteiger partial charge in [0.1, 0.15) is 11.9 Å². The SMILES string of the molecule is CC(C)c1ccc(NC(=O)N2CCC[C@@H]2C(=O)Nc2ccc(-c3cccc(C(=O)O)c3)cn2)cc1. The summed E-state index contributed by atoms with van der Waals surface area (Å²) in [6.45, 7) is 4.72. The fourth-order valence-electron chi connectivity index (χ4n) is 4.11. The Morgan fingerprint density at radius 1 is 1.00 bits per heavy atom. The minimum Gasteiger partial charge on any atom is -0.478 e. The molecule has 2 aromatic carbocycles. The molecule has 1 saturated heterocycles. The molecule has 3 N–H and O–H groups in total. The van der Waals surface area contributed by atoms with E-state index in [0.29, 0.717) is 30.4 Å². The van der Waals surface area contributed by atoms with E-state index in [-0.39, 0.29) is 17.5 Å². The summed E-state index contributed by atoms with van der Waals surface area (Å²) in [4.78, 5) is 42.9. The number of likely N-dealkylation sites (tertiary alicyclic amines) is 1. The number of hydrogen-bond donors (Lipinski definition) is 3. The number of urea groups is 1. The lowest BCUT2D eigenvalue weighted by Crippen LogP contribution is -2.45. The summed E-state index contributed by atoms with van der Waals surface area (Å²) < 4.78 is 0. The molecule has 1 fully saturated rings. The topological polar surface area (TPSA) is 112 Å². The average Bonchev–Trinajstić information content (AvgIpc) is 3.35. The summed E-state index contributed by atoms with van der Waals surface area (Å²) in [5.74, 6) is -0.518. The third-order valence-electron chi connectivity index (χ3n) is 6.10. The molecule has 2 heterocycles. The van der Waals surface area contributed by atoms with E-state index in [1.54, 1.807) is 41.4 Å². The molecular formula is C27H28N4O4. The molecule has 1 atom stereocenters. The Morgan fingerprint density at radius 2 is 1.77 bits per heavy atom. The lowest BCUT2D eigenvalue weighted by atomic mass is 10.0. The number of benzene rings is 2. The summed E-state index contributed by atoms with van der Waals surface area (Å²) in [6.07, 6.45) is 2.90. The maximum Gasteiger partial charge on any atom is 0.335 e. The standard InChI is InChI=1S/C27H28N4O4/c1-17(2)18-8-11-22(12-9-18)29-27(35)31-14-4-7-23(31)25(32)30-24-13-10-21(16-28-24)19-5-3-6-20(15-19)26(33)34/h3,5-6,8-13,15-17,23H,4,7,14H2,1-2H3,(H,29,35)(H,33,34)(H,28,30,32)/t23-/m1/s1. The van der Waals surface area contributed by atoms with Crippen LogP contribution in [0.5, 0.6) is 0 Å². The molecule has 0 bridgehead atoms. The number of aromatic nitrogens is 1. The second-order valence-electron chi connectivity index (χ2n) is 8.87. The largest absolute Gasteiger partial charge is 0.478 e. The van der Waals surface area contributed by atoms with Crippen LogP contribution in [0.1, 0.15) is 48.5 Å². The first kappa shape index (κ1) is 23.9. The lowest BCUT2D eigenvalue weighted by Gasteiger charge is -2.24. The van der Waals surface area contributed by atoms with Crippen molar-refractivity contribution in [1.29, 1.82) is 0 Å². The second kappa shape index (κ2) is 10.4. The number of nitrogens with one attached hydrogen (secondary N) is 2. The van der Waals surface area contributed by atoms with Crippen molar-refractivity contribution < 1.29 is 19.5 Å². The van der Waals surface area contributed by atoms with Crippen LogP contribution >= 0.6 is 0 Å². The van der Waals surface area contributed by atoms with Crippen LogP contribution in [0.25, 0.3) is 11.1 Å². The Kier molecular flexibility index (Phi) is 7.10. The zero-order valence-corrected chi connectivity index (χ0v) is 19.7. The van der Waals surface area contributed by atoms with Gasteiger partial charge in [0, 0.05) is 24.0 Å². The number of nitrogens with zero attached hydrogens (tertiary/aromatic N) is 2. The molecule has 0 aliphatic carbocycles. The Morgan fingerprint density at radius 3 is 2.43 bits per heavy atom. The molecule has 0 saturated carbocycles. The van der Waals surface area contributed by atoms with Crippen LogP contribution in [0, 0.1) is 0 Å². The minimum atomic E-state index is -0.999. The molecule has 0 spiro atoms. The number of amides is 3. The number of pyridine rings is 1. The van der Waals surface area contributed by atoms with Gasteiger partial charge in [0.25, 0.3) is 0 Å². The monoisotopic (exact) mass is 472 g/mol. The van der Waals surface area contributed by atoms with Gasteiger partial charge in [-0.15, -0.1) is 0 Å². The van der Waals surface area contributed by atoms with Gasteiger partial charge in [0.2, 0.25) is 5.91 Å². The maximum atomic E-state index is 12.9. The average molecular weight is 473 g/mol. The van der Waals surface area contributed by atoms with E-state index in [0.717, 1.165) is 17.5 Å². The van der Waals surface area contributed by atoms with Crippen molar-refractivity contribution in [3.8, 4) is 11.1 Å². The quantitative estimate of drug-likeness (QED) is 0.456. The van der Waals surface area contributed by atoms with Crippen molar-refractivity contribution in [2.24, 2.45) is 0 Å². The first-order valence-electron chi connectivity index (χ1n) is 11.6. The minimum absolute atomic E-state index is 0.190. The predicted octanol–water partition coefficient (Wildman–Crippen LogP) is 5.21. The van der Waals surface area contributed by atoms with Crippen molar-refractivity contribution in [3.05, 3.63) is 78.0 Å². The number of carbonyl (C=O) groups excluding carboxylic acids is 2. The Bertz CT molecular complexity index is 1220. The highest BCUT2D eigenvalue weighted by atomic mass is 16.4. The number of carboxylic acid groups (broad SMARTS) is 1. The van der Waals surface area contributed by atoms with Crippen LogP contribution in [0.2, 0.25) is 0 Å². The molecule has 4 rings (SSSR count). The molecule has 180 valence electrons. The van der Waals surface area contributed by atoms with E-state index in [1.165, 1.54) is 11.6 Å². The smallest absolute Gasteiger partial charge is 0.335 e. The summed E-state index contributed by atoms with van der Waals surface area (Å²) in [6, 6.07) is 16.8. The van der Waals surface area contributed by atoms with E-state index in [9.17, 15) is 19.5 Å². The van der Waals surface area contributed by atoms with E-state index in [2.05, 4.69) is 29.5 Å². The molecule has 1 aliphatic heterocycles. The third-order valence-corrected chi connectivity index (χ3v) is 6.10. The molecule has 8 nitrogen and oxygen atoms in total. The van der Waals surface area contributed by atoms with Gasteiger partial charge in [0.05, 0.1) is 5.56 Å². The number of carbonyl (C=O) groups is 3. The third kappa shape index (κ3) is 5.66. The van der Waals surface area contributed by atoms with E-state index < -0.39 is 12.0 Å². The number of rotatable bonds is 6. The molecule has 1 aliphatic rings. The molecule has 8 heteroatoms. The number of aromatic carboxylic acids is 1. The van der Waals surface area contributed by atoms with E-state index in [4.69, 9.17) is 0 Å². The normalized spacial score (nSPS) is 15.2. The highest BCUT2D eigenvalue weighted by Gasteiger charge is 2.34. The fraction of sp³-hybridized carbons (Fsp3) is 0.259. The van der Waals surface area contributed by atoms with E-state index >= 15 is 0 Å². The summed E-state index contributed by atoms with van der Waals surface area (Å²) in [5, 5.41) is 14.9. The van der Waals surface area contributed by atoms with Crippen molar-refractivity contribution in [1.82, 2.24) is 9.88 Å². The van der Waals surface area contributed by atoms with Gasteiger partial charge in [-0.25, -0.2) is 14.6 Å². The number of anilines is 2. The molecular weight excluding hydrogens is 444 g/mol. The second-order valence-corrected chi connectivity index (χ2v) is 8.87. The lowest BCUT2D eigenvalue weighted by molar-refractivity contribution is -0.119. The van der Waals surface area contributed by atoms with Crippen LogP contribution in [0.15, 0.2) is 66.9 Å². The molecule has 3 aromatic rings. The molecule has 35 heavy (non-hydrogen) atoms. The van der Waals surface area contributed by atoms with Gasteiger partial charge < -0.3 is 20.6 Å². The van der Waals surface area contributed by atoms with Crippen LogP contribution < -0.4 is 10.6 Å². The van der Waals surface area contributed by atoms with Crippen molar-refractivity contribution in [3.63, 3.8) is 0 Å². The summed E-state index contributed by atoms with van der Waals surface area (Å²) in [5.41, 5.74) is 3.52. The molecule has 3 amide bonds. The van der Waals surface area contributed by atoms with Crippen LogP contribution in [0.3, 0.4) is 0 Å². The molecule has 0 unspecified atom stereocenters. The van der Waals surface area contributed by atoms with Gasteiger partial charge in [-0.1, -0.05) is 38.1 Å². The van der Waals surface area contributed by atoms with Crippen LogP contribution in [-0.4, -0.2) is 45.5 Å². The summed E-state index contributed by atoms with van der Waals surface area (Å²) in [7, 11) is 0. The first-order chi connectivity index (χ1) is 16.8. The fourth-order valence-corrected chi connectivity index (χ4v) is 4.11. The van der Waals surface area contributed by atoms with Gasteiger partial charge in [-0.05, 0) is 66.3 Å². The zero-order valence-electron chi connectivity index (χ0n) is 19.7. The van der Waals surface area contributed by atoms with Crippen molar-refractivity contribution in [2.75, 3.05) is 17.2 Å². The van der Waals surface area contributed by atoms with Crippen molar-refractivity contribution in [2.45, 2.75) is 38.6 Å². The number of hydrogen-bond acceptors (Lipinski definition) is 4. The van der Waals surface area contributed by atoms with Gasteiger partial charge in [-0.2, -0.15) is 0 Å². The molecule has 0 radical (unpaired) electrons. The maximum absolute atomic E-state index is 12.9. The van der Waals surface area contributed by atoms with E-state index in [1.807, 2.05) is 24.3 Å². The number of carboxylic acids is 1. The highest BCUT2D eigenvalue weighted by Crippen LogP contribution is 2.24. The molecule has 1 aromatic heterocycles. The van der Waals surface area contributed by atoms with Gasteiger partial charge >= 0.3 is 12.0 Å². The highest BCUT2D eigenvalue weighted by molar-refractivity contribution is 5.99. The van der Waals surface area contributed by atoms with Gasteiger partial charge in [-0.3, -0.25) is 4.79 Å². The predicted molar refractivity (Wildman–Crippen MR) is 135 cm³/mol. The van der Waals surface area contributed by atoms with Gasteiger partial charge in [0.15, 0.2) is 0 Å². The summed E-state index contributed by atoms with van der Waals surface area (Å²) >= 11 is 0. The Balaban J connectivity index is 1.39. The Labute approximate surface area is 204 Å². The Hall–Kier alpha value is -4.20. The van der Waals surface area contributed by atoms with Crippen LogP contribution in [-0.2, 0) is 4.79 Å².